The van der Waals surface area contributed by atoms with Crippen molar-refractivity contribution in [3.63, 3.8) is 0 Å². The molecule has 2 aromatic carbocycles. The molecule has 3 rings (SSSR count). The van der Waals surface area contributed by atoms with E-state index in [-0.39, 0.29) is 12.5 Å². The van der Waals surface area contributed by atoms with Crippen molar-refractivity contribution in [2.75, 3.05) is 6.61 Å². The Hall–Kier alpha value is -3.35. The number of rotatable bonds is 6. The van der Waals surface area contributed by atoms with Crippen LogP contribution in [0.3, 0.4) is 0 Å². The minimum absolute atomic E-state index is 0.0837. The zero-order valence-electron chi connectivity index (χ0n) is 18.1. The molecular formula is C24H28N2O5. The van der Waals surface area contributed by atoms with Gasteiger partial charge in [0.05, 0.1) is 0 Å². The zero-order valence-corrected chi connectivity index (χ0v) is 18.1. The second-order valence-electron chi connectivity index (χ2n) is 8.84. The maximum Gasteiger partial charge on any atom is 0.407 e. The molecule has 0 saturated heterocycles. The molecule has 0 aliphatic heterocycles. The topological polar surface area (TPSA) is 105 Å². The van der Waals surface area contributed by atoms with Crippen LogP contribution in [0.5, 0.6) is 0 Å². The Balaban J connectivity index is 1.60. The predicted molar refractivity (Wildman–Crippen MR) is 117 cm³/mol. The molecule has 1 aliphatic rings. The normalized spacial score (nSPS) is 14.7. The Kier molecular flexibility index (Phi) is 6.34. The van der Waals surface area contributed by atoms with Gasteiger partial charge in [0.1, 0.15) is 18.7 Å². The Morgan fingerprint density at radius 1 is 0.968 bits per heavy atom. The molecule has 0 saturated carbocycles. The van der Waals surface area contributed by atoms with Crippen LogP contribution in [0.2, 0.25) is 0 Å². The summed E-state index contributed by atoms with van der Waals surface area (Å²) >= 11 is 0. The molecule has 1 aliphatic carbocycles. The van der Waals surface area contributed by atoms with Gasteiger partial charge >= 0.3 is 12.1 Å². The van der Waals surface area contributed by atoms with Gasteiger partial charge in [-0.15, -0.1) is 0 Å². The molecule has 2 atom stereocenters. The van der Waals surface area contributed by atoms with Gasteiger partial charge in [-0.05, 0) is 34.6 Å². The molecule has 164 valence electrons. The first-order valence-corrected chi connectivity index (χ1v) is 10.2. The van der Waals surface area contributed by atoms with Gasteiger partial charge in [-0.2, -0.15) is 0 Å². The van der Waals surface area contributed by atoms with E-state index in [0.717, 1.165) is 22.3 Å². The van der Waals surface area contributed by atoms with E-state index in [1.807, 2.05) is 36.4 Å². The number of carbonyl (C=O) groups is 3. The lowest BCUT2D eigenvalue weighted by Gasteiger charge is -2.28. The molecule has 7 heteroatoms. The summed E-state index contributed by atoms with van der Waals surface area (Å²) in [6, 6.07) is 14.0. The molecule has 0 spiro atoms. The van der Waals surface area contributed by atoms with Crippen molar-refractivity contribution in [2.45, 2.75) is 45.7 Å². The zero-order chi connectivity index (χ0) is 22.8. The van der Waals surface area contributed by atoms with Gasteiger partial charge < -0.3 is 20.5 Å². The minimum atomic E-state index is -1.13. The molecule has 0 bridgehead atoms. The molecule has 0 heterocycles. The van der Waals surface area contributed by atoms with Gasteiger partial charge in [0.2, 0.25) is 5.91 Å². The van der Waals surface area contributed by atoms with Crippen molar-refractivity contribution in [2.24, 2.45) is 5.41 Å². The van der Waals surface area contributed by atoms with Crippen molar-refractivity contribution >= 4 is 18.0 Å². The van der Waals surface area contributed by atoms with E-state index in [2.05, 4.69) is 22.8 Å². The van der Waals surface area contributed by atoms with Crippen LogP contribution in [-0.2, 0) is 14.3 Å². The number of benzene rings is 2. The second kappa shape index (κ2) is 8.79. The summed E-state index contributed by atoms with van der Waals surface area (Å²) in [6.45, 7) is 6.77. The Labute approximate surface area is 181 Å². The quantitative estimate of drug-likeness (QED) is 0.658. The number of nitrogens with one attached hydrogen (secondary N) is 2. The number of alkyl carbamates (subject to hydrolysis) is 1. The van der Waals surface area contributed by atoms with Gasteiger partial charge in [0.25, 0.3) is 0 Å². The van der Waals surface area contributed by atoms with Gasteiger partial charge in [-0.25, -0.2) is 9.59 Å². The maximum atomic E-state index is 12.4. The highest BCUT2D eigenvalue weighted by molar-refractivity contribution is 5.89. The summed E-state index contributed by atoms with van der Waals surface area (Å²) in [7, 11) is 0. The van der Waals surface area contributed by atoms with E-state index in [4.69, 9.17) is 4.74 Å². The van der Waals surface area contributed by atoms with Gasteiger partial charge in [-0.3, -0.25) is 4.79 Å². The first-order valence-electron chi connectivity index (χ1n) is 10.2. The molecule has 7 nitrogen and oxygen atoms in total. The molecule has 31 heavy (non-hydrogen) atoms. The Morgan fingerprint density at radius 3 is 1.97 bits per heavy atom. The highest BCUT2D eigenvalue weighted by atomic mass is 16.5. The number of hydrogen-bond acceptors (Lipinski definition) is 4. The molecule has 0 radical (unpaired) electrons. The predicted octanol–water partition coefficient (Wildman–Crippen LogP) is 3.53. The summed E-state index contributed by atoms with van der Waals surface area (Å²) in [4.78, 5) is 36.2. The third-order valence-corrected chi connectivity index (χ3v) is 5.47. The van der Waals surface area contributed by atoms with Gasteiger partial charge in [-0.1, -0.05) is 69.3 Å². The highest BCUT2D eigenvalue weighted by Crippen LogP contribution is 2.44. The minimum Gasteiger partial charge on any atom is -0.480 e. The number of hydrogen-bond donors (Lipinski definition) is 3. The molecular weight excluding hydrogens is 396 g/mol. The summed E-state index contributed by atoms with van der Waals surface area (Å²) in [6.07, 6.45) is -0.729. The number of ether oxygens (including phenoxy) is 1. The smallest absolute Gasteiger partial charge is 0.407 e. The van der Waals surface area contributed by atoms with Crippen LogP contribution in [-0.4, -0.2) is 41.8 Å². The average Bonchev–Trinajstić information content (AvgIpc) is 3.03. The fraction of sp³-hybridized carbons (Fsp3) is 0.375. The number of amides is 2. The van der Waals surface area contributed by atoms with Crippen molar-refractivity contribution < 1.29 is 24.2 Å². The van der Waals surface area contributed by atoms with Crippen LogP contribution in [0.4, 0.5) is 4.79 Å². The Morgan fingerprint density at radius 2 is 1.48 bits per heavy atom. The van der Waals surface area contributed by atoms with E-state index in [9.17, 15) is 19.5 Å². The number of carboxylic acids is 1. The number of carbonyl (C=O) groups excluding carboxylic acids is 2. The standard InChI is InChI=1S/C24H28N2O5/c1-14(21(27)26-20(22(28)29)24(2,3)4)25-23(30)31-13-19-17-11-7-5-9-15(17)16-10-6-8-12-18(16)19/h5-12,14,19-20H,13H2,1-4H3,(H,25,30)(H,26,27)(H,28,29)/t14-,20?/m1/s1. The van der Waals surface area contributed by atoms with Gasteiger partial charge in [0, 0.05) is 5.92 Å². The van der Waals surface area contributed by atoms with Crippen LogP contribution in [0.25, 0.3) is 11.1 Å². The highest BCUT2D eigenvalue weighted by Gasteiger charge is 2.34. The lowest BCUT2D eigenvalue weighted by atomic mass is 9.86. The van der Waals surface area contributed by atoms with Crippen LogP contribution >= 0.6 is 0 Å². The third kappa shape index (κ3) is 4.87. The van der Waals surface area contributed by atoms with Crippen molar-refractivity contribution in [1.82, 2.24) is 10.6 Å². The monoisotopic (exact) mass is 424 g/mol. The number of fused-ring (bicyclic) bond motifs is 3. The summed E-state index contributed by atoms with van der Waals surface area (Å²) in [5, 5.41) is 14.3. The van der Waals surface area contributed by atoms with Crippen LogP contribution in [0.15, 0.2) is 48.5 Å². The second-order valence-corrected chi connectivity index (χ2v) is 8.84. The lowest BCUT2D eigenvalue weighted by Crippen LogP contribution is -2.54. The fourth-order valence-corrected chi connectivity index (χ4v) is 3.80. The largest absolute Gasteiger partial charge is 0.480 e. The molecule has 1 unspecified atom stereocenters. The molecule has 2 aromatic rings. The number of aliphatic carboxylic acids is 1. The van der Waals surface area contributed by atoms with E-state index in [1.165, 1.54) is 6.92 Å². The SMILES string of the molecule is C[C@@H](NC(=O)OCC1c2ccccc2-c2ccccc21)C(=O)NC(C(=O)O)C(C)(C)C. The van der Waals surface area contributed by atoms with E-state index < -0.39 is 35.5 Å². The van der Waals surface area contributed by atoms with Crippen molar-refractivity contribution in [3.8, 4) is 11.1 Å². The summed E-state index contributed by atoms with van der Waals surface area (Å²) < 4.78 is 5.43. The van der Waals surface area contributed by atoms with Crippen LogP contribution in [0, 0.1) is 5.41 Å². The van der Waals surface area contributed by atoms with Gasteiger partial charge in [0.15, 0.2) is 0 Å². The van der Waals surface area contributed by atoms with E-state index in [1.54, 1.807) is 20.8 Å². The van der Waals surface area contributed by atoms with Crippen molar-refractivity contribution in [3.05, 3.63) is 59.7 Å². The average molecular weight is 424 g/mol. The first kappa shape index (κ1) is 22.3. The van der Waals surface area contributed by atoms with E-state index >= 15 is 0 Å². The molecule has 3 N–H and O–H groups in total. The first-order chi connectivity index (χ1) is 14.6. The van der Waals surface area contributed by atoms with Crippen LogP contribution in [0.1, 0.15) is 44.7 Å². The lowest BCUT2D eigenvalue weighted by molar-refractivity contribution is -0.145. The van der Waals surface area contributed by atoms with Crippen molar-refractivity contribution in [1.29, 1.82) is 0 Å². The Bertz CT molecular complexity index is 950. The third-order valence-electron chi connectivity index (χ3n) is 5.47. The maximum absolute atomic E-state index is 12.4. The molecule has 2 amide bonds. The summed E-state index contributed by atoms with van der Waals surface area (Å²) in [5.41, 5.74) is 3.77. The molecule has 0 fully saturated rings. The fourth-order valence-electron chi connectivity index (χ4n) is 3.80. The molecule has 0 aromatic heterocycles. The van der Waals surface area contributed by atoms with E-state index in [0.29, 0.717) is 0 Å². The van der Waals surface area contributed by atoms with Crippen LogP contribution < -0.4 is 10.6 Å². The number of carboxylic acid groups (broad SMARTS) is 1. The summed E-state index contributed by atoms with van der Waals surface area (Å²) in [5.74, 6) is -1.80.